The summed E-state index contributed by atoms with van der Waals surface area (Å²) in [5.74, 6) is 0.842. The van der Waals surface area contributed by atoms with Crippen molar-refractivity contribution in [1.82, 2.24) is 9.03 Å². The average Bonchev–Trinajstić information content (AvgIpc) is 2.74. The van der Waals surface area contributed by atoms with E-state index < -0.39 is 10.2 Å². The molecule has 0 radical (unpaired) electrons. The van der Waals surface area contributed by atoms with Crippen LogP contribution in [-0.4, -0.2) is 45.5 Å². The zero-order chi connectivity index (χ0) is 19.6. The van der Waals surface area contributed by atoms with Gasteiger partial charge in [-0.15, -0.1) is 0 Å². The van der Waals surface area contributed by atoms with Gasteiger partial charge < -0.3 is 9.64 Å². The molecular formula is C21H27N3O3S. The second-order valence-corrected chi connectivity index (χ2v) is 9.14. The van der Waals surface area contributed by atoms with Crippen molar-refractivity contribution >= 4 is 15.9 Å². The van der Waals surface area contributed by atoms with Crippen LogP contribution in [0.1, 0.15) is 24.0 Å². The maximum Gasteiger partial charge on any atom is 0.280 e. The highest BCUT2D eigenvalue weighted by atomic mass is 32.2. The van der Waals surface area contributed by atoms with E-state index in [0.29, 0.717) is 13.1 Å². The van der Waals surface area contributed by atoms with Crippen LogP contribution in [0, 0.1) is 0 Å². The van der Waals surface area contributed by atoms with Crippen LogP contribution in [0.15, 0.2) is 48.5 Å². The largest absolute Gasteiger partial charge is 0.497 e. The molecule has 150 valence electrons. The Morgan fingerprint density at radius 2 is 1.64 bits per heavy atom. The number of rotatable bonds is 5. The number of methoxy groups -OCH3 is 1. The Kier molecular flexibility index (Phi) is 5.57. The zero-order valence-corrected chi connectivity index (χ0v) is 17.0. The molecule has 2 heterocycles. The summed E-state index contributed by atoms with van der Waals surface area (Å²) < 4.78 is 35.5. The molecule has 0 spiro atoms. The minimum absolute atomic E-state index is 0.0170. The molecule has 0 aromatic heterocycles. The molecule has 0 atom stereocenters. The van der Waals surface area contributed by atoms with Crippen molar-refractivity contribution in [1.29, 1.82) is 0 Å². The number of hydrogen-bond acceptors (Lipinski definition) is 4. The van der Waals surface area contributed by atoms with E-state index in [-0.39, 0.29) is 6.04 Å². The number of fused-ring (bicyclic) bond motifs is 1. The summed E-state index contributed by atoms with van der Waals surface area (Å²) in [6.07, 6.45) is 2.37. The van der Waals surface area contributed by atoms with Crippen molar-refractivity contribution in [2.45, 2.75) is 31.8 Å². The van der Waals surface area contributed by atoms with E-state index in [0.717, 1.165) is 49.4 Å². The number of anilines is 1. The fourth-order valence-electron chi connectivity index (χ4n) is 4.01. The van der Waals surface area contributed by atoms with Crippen molar-refractivity contribution < 1.29 is 13.2 Å². The summed E-state index contributed by atoms with van der Waals surface area (Å²) >= 11 is 0. The smallest absolute Gasteiger partial charge is 0.280 e. The van der Waals surface area contributed by atoms with E-state index >= 15 is 0 Å². The molecule has 0 unspecified atom stereocenters. The molecule has 2 aliphatic rings. The van der Waals surface area contributed by atoms with Gasteiger partial charge in [-0.05, 0) is 54.7 Å². The molecule has 6 nitrogen and oxygen atoms in total. The van der Waals surface area contributed by atoms with Crippen LogP contribution < -0.4 is 14.4 Å². The number of piperidine rings is 1. The maximum absolute atomic E-state index is 12.9. The van der Waals surface area contributed by atoms with E-state index in [1.807, 2.05) is 30.3 Å². The standard InChI is InChI=1S/C21H27N3O3S/c1-27-21-8-6-20(7-9-21)23-13-11-19(12-14-23)22-28(25,26)24-15-10-17-4-2-3-5-18(17)16-24/h2-9,19,22H,10-16H2,1H3. The van der Waals surface area contributed by atoms with Gasteiger partial charge in [0, 0.05) is 37.9 Å². The third-order valence-electron chi connectivity index (χ3n) is 5.68. The Hall–Kier alpha value is -2.09. The van der Waals surface area contributed by atoms with Crippen LogP contribution in [0.3, 0.4) is 0 Å². The quantitative estimate of drug-likeness (QED) is 0.837. The van der Waals surface area contributed by atoms with Gasteiger partial charge >= 0.3 is 0 Å². The highest BCUT2D eigenvalue weighted by molar-refractivity contribution is 7.87. The summed E-state index contributed by atoms with van der Waals surface area (Å²) in [4.78, 5) is 2.29. The highest BCUT2D eigenvalue weighted by Gasteiger charge is 2.30. The predicted molar refractivity (Wildman–Crippen MR) is 111 cm³/mol. The molecule has 28 heavy (non-hydrogen) atoms. The molecule has 7 heteroatoms. The molecule has 1 saturated heterocycles. The predicted octanol–water partition coefficient (Wildman–Crippen LogP) is 2.56. The van der Waals surface area contributed by atoms with Gasteiger partial charge in [0.15, 0.2) is 0 Å². The van der Waals surface area contributed by atoms with Crippen molar-refractivity contribution in [3.63, 3.8) is 0 Å². The molecule has 0 bridgehead atoms. The van der Waals surface area contributed by atoms with E-state index in [1.54, 1.807) is 11.4 Å². The van der Waals surface area contributed by atoms with Gasteiger partial charge in [-0.3, -0.25) is 0 Å². The fraction of sp³-hybridized carbons (Fsp3) is 0.429. The normalized spacial score (nSPS) is 18.7. The highest BCUT2D eigenvalue weighted by Crippen LogP contribution is 2.24. The molecule has 0 aliphatic carbocycles. The number of nitrogens with zero attached hydrogens (tertiary/aromatic N) is 2. The molecule has 0 amide bonds. The van der Waals surface area contributed by atoms with Crippen LogP contribution in [0.5, 0.6) is 5.75 Å². The minimum Gasteiger partial charge on any atom is -0.497 e. The van der Waals surface area contributed by atoms with Gasteiger partial charge in [0.1, 0.15) is 5.75 Å². The van der Waals surface area contributed by atoms with Crippen molar-refractivity contribution in [2.24, 2.45) is 0 Å². The molecular weight excluding hydrogens is 374 g/mol. The molecule has 0 saturated carbocycles. The number of hydrogen-bond donors (Lipinski definition) is 1. The molecule has 2 aromatic rings. The Morgan fingerprint density at radius 3 is 2.32 bits per heavy atom. The fourth-order valence-corrected chi connectivity index (χ4v) is 5.46. The monoisotopic (exact) mass is 401 g/mol. The van der Waals surface area contributed by atoms with Gasteiger partial charge in [0.25, 0.3) is 10.2 Å². The van der Waals surface area contributed by atoms with Gasteiger partial charge in [-0.2, -0.15) is 17.4 Å². The number of ether oxygens (including phenoxy) is 1. The Bertz CT molecular complexity index is 907. The molecule has 2 aliphatic heterocycles. The summed E-state index contributed by atoms with van der Waals surface area (Å²) in [5.41, 5.74) is 3.50. The summed E-state index contributed by atoms with van der Waals surface area (Å²) in [5, 5.41) is 0. The van der Waals surface area contributed by atoms with Crippen LogP contribution in [0.25, 0.3) is 0 Å². The van der Waals surface area contributed by atoms with Crippen LogP contribution in [0.4, 0.5) is 5.69 Å². The first-order chi connectivity index (χ1) is 13.5. The van der Waals surface area contributed by atoms with Crippen molar-refractivity contribution in [3.8, 4) is 5.75 Å². The lowest BCUT2D eigenvalue weighted by molar-refractivity contribution is 0.369. The number of benzene rings is 2. The second kappa shape index (κ2) is 8.11. The topological polar surface area (TPSA) is 61.9 Å². The Balaban J connectivity index is 1.34. The van der Waals surface area contributed by atoms with Crippen LogP contribution in [-0.2, 0) is 23.2 Å². The van der Waals surface area contributed by atoms with Crippen molar-refractivity contribution in [3.05, 3.63) is 59.7 Å². The summed E-state index contributed by atoms with van der Waals surface area (Å²) in [6.45, 7) is 2.66. The molecule has 1 fully saturated rings. The SMILES string of the molecule is COc1ccc(N2CCC(NS(=O)(=O)N3CCc4ccccc4C3)CC2)cc1. The first kappa shape index (κ1) is 19.2. The Labute approximate surface area is 167 Å². The molecule has 1 N–H and O–H groups in total. The lowest BCUT2D eigenvalue weighted by Crippen LogP contribution is -2.50. The van der Waals surface area contributed by atoms with E-state index in [1.165, 1.54) is 5.56 Å². The summed E-state index contributed by atoms with van der Waals surface area (Å²) in [7, 11) is -1.81. The van der Waals surface area contributed by atoms with E-state index in [9.17, 15) is 8.42 Å². The van der Waals surface area contributed by atoms with Gasteiger partial charge in [-0.25, -0.2) is 0 Å². The maximum atomic E-state index is 12.9. The zero-order valence-electron chi connectivity index (χ0n) is 16.2. The van der Waals surface area contributed by atoms with Gasteiger partial charge in [0.2, 0.25) is 0 Å². The lowest BCUT2D eigenvalue weighted by atomic mass is 10.0. The third-order valence-corrected chi connectivity index (χ3v) is 7.31. The van der Waals surface area contributed by atoms with Crippen molar-refractivity contribution in [2.75, 3.05) is 31.6 Å². The van der Waals surface area contributed by atoms with Crippen LogP contribution >= 0.6 is 0 Å². The minimum atomic E-state index is -3.47. The first-order valence-electron chi connectivity index (χ1n) is 9.78. The second-order valence-electron chi connectivity index (χ2n) is 7.43. The molecule has 2 aromatic carbocycles. The van der Waals surface area contributed by atoms with Crippen LogP contribution in [0.2, 0.25) is 0 Å². The van der Waals surface area contributed by atoms with E-state index in [4.69, 9.17) is 4.74 Å². The molecule has 4 rings (SSSR count). The summed E-state index contributed by atoms with van der Waals surface area (Å²) in [6, 6.07) is 16.1. The Morgan fingerprint density at radius 1 is 0.964 bits per heavy atom. The lowest BCUT2D eigenvalue weighted by Gasteiger charge is -2.35. The first-order valence-corrected chi connectivity index (χ1v) is 11.2. The van der Waals surface area contributed by atoms with E-state index in [2.05, 4.69) is 27.8 Å². The number of nitrogens with one attached hydrogen (secondary N) is 1. The third kappa shape index (κ3) is 4.16. The van der Waals surface area contributed by atoms with Gasteiger partial charge in [0.05, 0.1) is 7.11 Å². The van der Waals surface area contributed by atoms with Gasteiger partial charge in [-0.1, -0.05) is 24.3 Å². The average molecular weight is 402 g/mol.